The van der Waals surface area contributed by atoms with Gasteiger partial charge in [0, 0.05) is 71.0 Å². The van der Waals surface area contributed by atoms with Crippen LogP contribution in [0.25, 0.3) is 10.4 Å². The van der Waals surface area contributed by atoms with Gasteiger partial charge in [0.25, 0.3) is 17.7 Å². The number of amides is 3. The molecule has 0 aliphatic carbocycles. The standard InChI is InChI=1S/C40H38ClN5O4S2/c1-23-17-30(35(42-20-23)45-21-40(22-45)12-15-50-16-13-40)36(47)43-28-9-7-26(8-10-28)38(49)46-14-11-27-19-32(52-34(27)29-18-25(3)51-39(29)46)37(48)44-33-24(2)5-4-6-31(33)41/h4-10,17-20H,11-16,21-22H2,1-3H3,(H,43,47)(H,44,48). The zero-order valence-electron chi connectivity index (χ0n) is 29.2. The zero-order valence-corrected chi connectivity index (χ0v) is 31.6. The Morgan fingerprint density at radius 2 is 1.69 bits per heavy atom. The lowest BCUT2D eigenvalue weighted by Crippen LogP contribution is -2.59. The minimum Gasteiger partial charge on any atom is -0.381 e. The zero-order chi connectivity index (χ0) is 36.1. The summed E-state index contributed by atoms with van der Waals surface area (Å²) >= 11 is 9.39. The van der Waals surface area contributed by atoms with E-state index in [4.69, 9.17) is 16.3 Å². The molecule has 0 atom stereocenters. The smallest absolute Gasteiger partial charge is 0.265 e. The van der Waals surface area contributed by atoms with Gasteiger partial charge in [-0.1, -0.05) is 23.7 Å². The van der Waals surface area contributed by atoms with Crippen molar-refractivity contribution >= 4 is 74.2 Å². The first-order valence-corrected chi connectivity index (χ1v) is 19.4. The highest BCUT2D eigenvalue weighted by Crippen LogP contribution is 2.47. The molecule has 2 fully saturated rings. The first-order chi connectivity index (χ1) is 25.1. The molecule has 52 heavy (non-hydrogen) atoms. The average molecular weight is 752 g/mol. The second-order valence-electron chi connectivity index (χ2n) is 14.0. The normalized spacial score (nSPS) is 16.1. The molecule has 6 heterocycles. The molecule has 0 radical (unpaired) electrons. The summed E-state index contributed by atoms with van der Waals surface area (Å²) in [5, 5.41) is 7.38. The van der Waals surface area contributed by atoms with Crippen LogP contribution in [0.1, 0.15) is 64.8 Å². The quantitative estimate of drug-likeness (QED) is 0.180. The molecule has 8 rings (SSSR count). The molecule has 3 aliphatic heterocycles. The number of aryl methyl sites for hydroxylation is 3. The Morgan fingerprint density at radius 1 is 0.923 bits per heavy atom. The Kier molecular flexibility index (Phi) is 9.15. The van der Waals surface area contributed by atoms with Gasteiger partial charge >= 0.3 is 0 Å². The third kappa shape index (κ3) is 6.51. The first kappa shape index (κ1) is 34.5. The fourth-order valence-electron chi connectivity index (χ4n) is 7.38. The van der Waals surface area contributed by atoms with E-state index in [9.17, 15) is 14.4 Å². The van der Waals surface area contributed by atoms with Crippen LogP contribution < -0.4 is 20.4 Å². The van der Waals surface area contributed by atoms with Gasteiger partial charge in [-0.3, -0.25) is 19.3 Å². The van der Waals surface area contributed by atoms with Crippen molar-refractivity contribution in [1.29, 1.82) is 0 Å². The van der Waals surface area contributed by atoms with Gasteiger partial charge in [-0.25, -0.2) is 4.98 Å². The number of nitrogens with one attached hydrogen (secondary N) is 2. The van der Waals surface area contributed by atoms with E-state index < -0.39 is 0 Å². The van der Waals surface area contributed by atoms with Gasteiger partial charge in [-0.05, 0) is 105 Å². The van der Waals surface area contributed by atoms with Crippen molar-refractivity contribution in [1.82, 2.24) is 4.98 Å². The molecule has 2 aromatic carbocycles. The third-order valence-electron chi connectivity index (χ3n) is 10.2. The number of pyridine rings is 1. The monoisotopic (exact) mass is 751 g/mol. The molecule has 1 spiro atoms. The maximum absolute atomic E-state index is 14.1. The maximum atomic E-state index is 14.1. The van der Waals surface area contributed by atoms with Crippen molar-refractivity contribution in [3.8, 4) is 10.4 Å². The Hall–Kier alpha value is -4.55. The van der Waals surface area contributed by atoms with Crippen molar-refractivity contribution < 1.29 is 19.1 Å². The highest BCUT2D eigenvalue weighted by atomic mass is 35.5. The summed E-state index contributed by atoms with van der Waals surface area (Å²) in [5.74, 6) is 0.146. The molecule has 266 valence electrons. The number of hydrogen-bond acceptors (Lipinski definition) is 8. The van der Waals surface area contributed by atoms with Gasteiger partial charge in [0.05, 0.1) is 21.2 Å². The van der Waals surface area contributed by atoms with Crippen LogP contribution in [0.4, 0.5) is 22.2 Å². The second kappa shape index (κ2) is 13.8. The number of rotatable bonds is 6. The largest absolute Gasteiger partial charge is 0.381 e. The number of hydrogen-bond donors (Lipinski definition) is 2. The number of para-hydroxylation sites is 1. The highest BCUT2D eigenvalue weighted by Gasteiger charge is 2.45. The molecule has 3 aromatic heterocycles. The number of thiophene rings is 2. The Bertz CT molecular complexity index is 2190. The van der Waals surface area contributed by atoms with Crippen molar-refractivity contribution in [3.05, 3.63) is 109 Å². The van der Waals surface area contributed by atoms with Crippen LogP contribution in [0.5, 0.6) is 0 Å². The lowest BCUT2D eigenvalue weighted by Gasteiger charge is -2.53. The summed E-state index contributed by atoms with van der Waals surface area (Å²) in [6.07, 6.45) is 4.48. The van der Waals surface area contributed by atoms with E-state index in [2.05, 4.69) is 26.6 Å². The van der Waals surface area contributed by atoms with Gasteiger partial charge in [-0.2, -0.15) is 0 Å². The number of benzene rings is 2. The Labute approximate surface area is 315 Å². The molecule has 3 amide bonds. The second-order valence-corrected chi connectivity index (χ2v) is 16.7. The number of aromatic nitrogens is 1. The lowest BCUT2D eigenvalue weighted by molar-refractivity contribution is -0.000511. The first-order valence-electron chi connectivity index (χ1n) is 17.4. The van der Waals surface area contributed by atoms with Crippen molar-refractivity contribution in [2.24, 2.45) is 5.41 Å². The molecule has 5 aromatic rings. The number of halogens is 1. The van der Waals surface area contributed by atoms with Crippen LogP contribution in [-0.2, 0) is 11.2 Å². The van der Waals surface area contributed by atoms with Crippen LogP contribution >= 0.6 is 34.3 Å². The molecule has 3 aliphatic rings. The molecule has 2 saturated heterocycles. The molecule has 12 heteroatoms. The lowest BCUT2D eigenvalue weighted by atomic mass is 9.73. The van der Waals surface area contributed by atoms with Gasteiger partial charge in [0.15, 0.2) is 0 Å². The van der Waals surface area contributed by atoms with Crippen LogP contribution in [0.2, 0.25) is 5.02 Å². The van der Waals surface area contributed by atoms with E-state index in [0.29, 0.717) is 51.2 Å². The van der Waals surface area contributed by atoms with Gasteiger partial charge in [0.1, 0.15) is 10.8 Å². The van der Waals surface area contributed by atoms with E-state index in [1.165, 1.54) is 11.3 Å². The molecular weight excluding hydrogens is 714 g/mol. The van der Waals surface area contributed by atoms with E-state index in [-0.39, 0.29) is 23.1 Å². The Balaban J connectivity index is 0.976. The third-order valence-corrected chi connectivity index (χ3v) is 12.8. The van der Waals surface area contributed by atoms with E-state index >= 15 is 0 Å². The maximum Gasteiger partial charge on any atom is 0.265 e. The fourth-order valence-corrected chi connectivity index (χ4v) is 9.87. The topological polar surface area (TPSA) is 104 Å². The minimum absolute atomic E-state index is 0.117. The van der Waals surface area contributed by atoms with Crippen LogP contribution in [0.3, 0.4) is 0 Å². The number of nitrogens with zero attached hydrogens (tertiary/aromatic N) is 3. The molecule has 0 unspecified atom stereocenters. The van der Waals surface area contributed by atoms with Crippen molar-refractivity contribution in [2.45, 2.75) is 40.0 Å². The summed E-state index contributed by atoms with van der Waals surface area (Å²) in [6.45, 7) is 9.66. The van der Waals surface area contributed by atoms with Gasteiger partial charge < -0.3 is 20.3 Å². The van der Waals surface area contributed by atoms with Crippen molar-refractivity contribution in [2.75, 3.05) is 53.3 Å². The van der Waals surface area contributed by atoms with E-state index in [0.717, 1.165) is 76.2 Å². The average Bonchev–Trinajstić information content (AvgIpc) is 3.69. The Morgan fingerprint density at radius 3 is 2.44 bits per heavy atom. The van der Waals surface area contributed by atoms with E-state index in [1.807, 2.05) is 56.1 Å². The van der Waals surface area contributed by atoms with Crippen LogP contribution in [-0.4, -0.2) is 55.6 Å². The summed E-state index contributed by atoms with van der Waals surface area (Å²) in [7, 11) is 0. The van der Waals surface area contributed by atoms with Gasteiger partial charge in [-0.15, -0.1) is 22.7 Å². The predicted octanol–water partition coefficient (Wildman–Crippen LogP) is 8.77. The molecule has 2 N–H and O–H groups in total. The fraction of sp³-hybridized carbons (Fsp3) is 0.300. The van der Waals surface area contributed by atoms with Gasteiger partial charge in [0.2, 0.25) is 0 Å². The van der Waals surface area contributed by atoms with Crippen LogP contribution in [0, 0.1) is 26.2 Å². The number of anilines is 4. The summed E-state index contributed by atoms with van der Waals surface area (Å²) in [6, 6.07) is 18.5. The summed E-state index contributed by atoms with van der Waals surface area (Å²) in [5.41, 5.74) is 6.32. The minimum atomic E-state index is -0.231. The number of fused-ring (bicyclic) bond motifs is 3. The SMILES string of the molecule is Cc1cnc(N2CC3(CCOCC3)C2)c(C(=O)Nc2ccc(C(=O)N3CCc4cc(C(=O)Nc5c(C)cccc5Cl)sc4-c4cc(C)sc43)cc2)c1. The molecule has 9 nitrogen and oxygen atoms in total. The van der Waals surface area contributed by atoms with Crippen molar-refractivity contribution in [3.63, 3.8) is 0 Å². The molecular formula is C40H38ClN5O4S2. The number of ether oxygens (including phenoxy) is 1. The molecule has 0 bridgehead atoms. The summed E-state index contributed by atoms with van der Waals surface area (Å²) < 4.78 is 5.57. The van der Waals surface area contributed by atoms with E-state index in [1.54, 1.807) is 41.7 Å². The number of carbonyl (C=O) groups is 3. The van der Waals surface area contributed by atoms with Crippen LogP contribution in [0.15, 0.2) is 66.9 Å². The predicted molar refractivity (Wildman–Crippen MR) is 210 cm³/mol. The highest BCUT2D eigenvalue weighted by molar-refractivity contribution is 7.20. The number of carbonyl (C=O) groups excluding carboxylic acids is 3. The molecule has 0 saturated carbocycles. The summed E-state index contributed by atoms with van der Waals surface area (Å²) in [4.78, 5) is 52.4.